The molecule has 0 spiro atoms. The summed E-state index contributed by atoms with van der Waals surface area (Å²) in [6.45, 7) is 0. The molecule has 0 fully saturated rings. The Morgan fingerprint density at radius 3 is 2.40 bits per heavy atom. The van der Waals surface area contributed by atoms with Gasteiger partial charge in [0.05, 0.1) is 15.7 Å². The van der Waals surface area contributed by atoms with Gasteiger partial charge in [-0.05, 0) is 12.1 Å². The number of halogens is 2. The molecule has 0 aromatic heterocycles. The molecule has 0 amide bonds. The second kappa shape index (κ2) is 4.34. The summed E-state index contributed by atoms with van der Waals surface area (Å²) >= 11 is 5.46. The number of benzene rings is 1. The van der Waals surface area contributed by atoms with Gasteiger partial charge in [-0.3, -0.25) is 10.1 Å². The molecule has 0 atom stereocenters. The second-order valence-corrected chi connectivity index (χ2v) is 5.45. The fourth-order valence-corrected chi connectivity index (χ4v) is 1.98. The third kappa shape index (κ3) is 2.80. The van der Waals surface area contributed by atoms with Gasteiger partial charge in [0.25, 0.3) is 14.7 Å². The van der Waals surface area contributed by atoms with Crippen molar-refractivity contribution in [3.63, 3.8) is 0 Å². The van der Waals surface area contributed by atoms with Gasteiger partial charge in [-0.1, -0.05) is 0 Å². The zero-order chi connectivity index (χ0) is 11.6. The average molecular weight is 270 g/mol. The van der Waals surface area contributed by atoms with Gasteiger partial charge in [0, 0.05) is 22.3 Å². The summed E-state index contributed by atoms with van der Waals surface area (Å²) in [4.78, 5) is 9.55. The van der Waals surface area contributed by atoms with Gasteiger partial charge in [-0.25, -0.2) is 8.42 Å². The number of hydrogen-bond acceptors (Lipinski definition) is 4. The lowest BCUT2D eigenvalue weighted by Gasteiger charge is -2.00. The fourth-order valence-electron chi connectivity index (χ4n) is 0.978. The van der Waals surface area contributed by atoms with Gasteiger partial charge in [0.2, 0.25) is 0 Å². The first kappa shape index (κ1) is 12.2. The Morgan fingerprint density at radius 1 is 1.40 bits per heavy atom. The van der Waals surface area contributed by atoms with Crippen LogP contribution >= 0.6 is 22.3 Å². The molecule has 0 heterocycles. The van der Waals surface area contributed by atoms with Crippen molar-refractivity contribution in [3.8, 4) is 0 Å². The molecule has 0 unspecified atom stereocenters. The van der Waals surface area contributed by atoms with Crippen LogP contribution in [0.4, 0.5) is 5.69 Å². The number of nitro groups is 1. The molecule has 1 aromatic carbocycles. The third-order valence-corrected chi connectivity index (χ3v) is 3.32. The first-order chi connectivity index (χ1) is 6.86. The Kier molecular flexibility index (Phi) is 3.54. The van der Waals surface area contributed by atoms with Crippen molar-refractivity contribution in [3.05, 3.63) is 33.9 Å². The number of nitrogens with zero attached hydrogens (tertiary/aromatic N) is 1. The molecule has 82 valence electrons. The van der Waals surface area contributed by atoms with Crippen molar-refractivity contribution in [2.24, 2.45) is 0 Å². The van der Waals surface area contributed by atoms with Crippen LogP contribution in [0.3, 0.4) is 0 Å². The molecule has 1 rings (SSSR count). The Morgan fingerprint density at radius 2 is 2.00 bits per heavy atom. The molecule has 5 nitrogen and oxygen atoms in total. The maximum absolute atomic E-state index is 10.9. The molecule has 15 heavy (non-hydrogen) atoms. The molecule has 1 aromatic rings. The SMILES string of the molecule is O=[N+]([O-])c1cc(S(=O)(=O)Cl)ccc1CCl. The van der Waals surface area contributed by atoms with Crippen LogP contribution in [0.2, 0.25) is 0 Å². The summed E-state index contributed by atoms with van der Waals surface area (Å²) in [6, 6.07) is 3.33. The summed E-state index contributed by atoms with van der Waals surface area (Å²) in [5.41, 5.74) is -0.113. The van der Waals surface area contributed by atoms with Crippen molar-refractivity contribution in [2.75, 3.05) is 0 Å². The minimum absolute atomic E-state index is 0.0705. The van der Waals surface area contributed by atoms with E-state index in [0.717, 1.165) is 6.07 Å². The van der Waals surface area contributed by atoms with Crippen molar-refractivity contribution in [2.45, 2.75) is 10.8 Å². The highest BCUT2D eigenvalue weighted by atomic mass is 35.7. The van der Waals surface area contributed by atoms with E-state index >= 15 is 0 Å². The predicted molar refractivity (Wildman–Crippen MR) is 55.7 cm³/mol. The van der Waals surface area contributed by atoms with Gasteiger partial charge >= 0.3 is 0 Å². The fraction of sp³-hybridized carbons (Fsp3) is 0.143. The lowest BCUT2D eigenvalue weighted by Crippen LogP contribution is -1.97. The van der Waals surface area contributed by atoms with Gasteiger partial charge in [0.1, 0.15) is 0 Å². The van der Waals surface area contributed by atoms with Crippen LogP contribution in [-0.4, -0.2) is 13.3 Å². The minimum atomic E-state index is -3.96. The van der Waals surface area contributed by atoms with E-state index in [-0.39, 0.29) is 22.0 Å². The molecule has 8 heteroatoms. The highest BCUT2D eigenvalue weighted by Crippen LogP contribution is 2.25. The van der Waals surface area contributed by atoms with Gasteiger partial charge < -0.3 is 0 Å². The minimum Gasteiger partial charge on any atom is -0.258 e. The van der Waals surface area contributed by atoms with Crippen molar-refractivity contribution >= 4 is 37.0 Å². The summed E-state index contributed by atoms with van der Waals surface area (Å²) in [5, 5.41) is 10.6. The highest BCUT2D eigenvalue weighted by Gasteiger charge is 2.18. The van der Waals surface area contributed by atoms with E-state index in [0.29, 0.717) is 0 Å². The zero-order valence-electron chi connectivity index (χ0n) is 7.18. The lowest BCUT2D eigenvalue weighted by molar-refractivity contribution is -0.385. The zero-order valence-corrected chi connectivity index (χ0v) is 9.51. The number of rotatable bonds is 3. The van der Waals surface area contributed by atoms with Crippen LogP contribution in [0, 0.1) is 10.1 Å². The van der Waals surface area contributed by atoms with E-state index in [2.05, 4.69) is 0 Å². The summed E-state index contributed by atoms with van der Waals surface area (Å²) in [7, 11) is 1.09. The standard InChI is InChI=1S/C7H5Cl2NO4S/c8-4-5-1-2-6(15(9,13)14)3-7(5)10(11)12/h1-3H,4H2. The predicted octanol–water partition coefficient (Wildman–Crippen LogP) is 2.26. The third-order valence-electron chi connectivity index (χ3n) is 1.68. The first-order valence-corrected chi connectivity index (χ1v) is 6.48. The molecule has 0 aliphatic rings. The monoisotopic (exact) mass is 269 g/mol. The van der Waals surface area contributed by atoms with E-state index in [1.54, 1.807) is 0 Å². The van der Waals surface area contributed by atoms with Gasteiger partial charge in [-0.15, -0.1) is 11.6 Å². The largest absolute Gasteiger partial charge is 0.275 e. The summed E-state index contributed by atoms with van der Waals surface area (Å²) in [5.74, 6) is -0.0705. The number of alkyl halides is 1. The van der Waals surface area contributed by atoms with E-state index in [1.165, 1.54) is 12.1 Å². The van der Waals surface area contributed by atoms with Crippen LogP contribution in [0.5, 0.6) is 0 Å². The van der Waals surface area contributed by atoms with Gasteiger partial charge in [0.15, 0.2) is 0 Å². The Labute approximate surface area is 95.2 Å². The number of hydrogen-bond donors (Lipinski definition) is 0. The molecule has 0 N–H and O–H groups in total. The van der Waals surface area contributed by atoms with Crippen molar-refractivity contribution in [1.82, 2.24) is 0 Å². The molecular formula is C7H5Cl2NO4S. The van der Waals surface area contributed by atoms with Crippen molar-refractivity contribution < 1.29 is 13.3 Å². The van der Waals surface area contributed by atoms with Crippen LogP contribution in [-0.2, 0) is 14.9 Å². The topological polar surface area (TPSA) is 77.3 Å². The van der Waals surface area contributed by atoms with E-state index in [4.69, 9.17) is 22.3 Å². The molecule has 0 aliphatic heterocycles. The van der Waals surface area contributed by atoms with Crippen LogP contribution in [0.1, 0.15) is 5.56 Å². The number of nitro benzene ring substituents is 1. The Hall–Kier alpha value is -0.850. The van der Waals surface area contributed by atoms with Crippen LogP contribution < -0.4 is 0 Å². The average Bonchev–Trinajstić information content (AvgIpc) is 2.15. The molecule has 0 bridgehead atoms. The second-order valence-electron chi connectivity index (χ2n) is 2.62. The lowest BCUT2D eigenvalue weighted by atomic mass is 10.2. The molecule has 0 aliphatic carbocycles. The van der Waals surface area contributed by atoms with Crippen LogP contribution in [0.25, 0.3) is 0 Å². The quantitative estimate of drug-likeness (QED) is 0.365. The first-order valence-electron chi connectivity index (χ1n) is 3.64. The Balaban J connectivity index is 3.42. The Bertz CT molecular complexity index is 500. The molecule has 0 saturated carbocycles. The highest BCUT2D eigenvalue weighted by molar-refractivity contribution is 8.13. The van der Waals surface area contributed by atoms with Crippen LogP contribution in [0.15, 0.2) is 23.1 Å². The molecule has 0 radical (unpaired) electrons. The van der Waals surface area contributed by atoms with E-state index in [1.807, 2.05) is 0 Å². The van der Waals surface area contributed by atoms with E-state index in [9.17, 15) is 18.5 Å². The maximum Gasteiger partial charge on any atom is 0.275 e. The van der Waals surface area contributed by atoms with E-state index < -0.39 is 14.0 Å². The smallest absolute Gasteiger partial charge is 0.258 e. The van der Waals surface area contributed by atoms with Gasteiger partial charge in [-0.2, -0.15) is 0 Å². The summed E-state index contributed by atoms with van der Waals surface area (Å²) < 4.78 is 21.8. The summed E-state index contributed by atoms with van der Waals surface area (Å²) in [6.07, 6.45) is 0. The normalized spacial score (nSPS) is 11.3. The molecule has 0 saturated heterocycles. The maximum atomic E-state index is 10.9. The van der Waals surface area contributed by atoms with Crippen molar-refractivity contribution in [1.29, 1.82) is 0 Å². The molecular weight excluding hydrogens is 265 g/mol.